The predicted octanol–water partition coefficient (Wildman–Crippen LogP) is 3.80. The Morgan fingerprint density at radius 3 is 2.61 bits per heavy atom. The summed E-state index contributed by atoms with van der Waals surface area (Å²) in [6.45, 7) is 4.17. The second kappa shape index (κ2) is 5.83. The Hall–Kier alpha value is -0.980. The first-order valence-electron chi connectivity index (χ1n) is 8.22. The van der Waals surface area contributed by atoms with Crippen LogP contribution in [0.15, 0.2) is 29.2 Å². The molecular weight excluding hydrogens is 319 g/mol. The Balaban J connectivity index is 1.75. The molecule has 1 saturated heterocycles. The summed E-state index contributed by atoms with van der Waals surface area (Å²) >= 11 is 0. The summed E-state index contributed by atoms with van der Waals surface area (Å²) in [6, 6.07) is 4.71. The molecule has 2 fully saturated rings. The number of fused-ring (bicyclic) bond motifs is 1. The van der Waals surface area contributed by atoms with E-state index in [1.165, 1.54) is 12.1 Å². The van der Waals surface area contributed by atoms with Crippen molar-refractivity contribution < 1.29 is 21.7 Å². The van der Waals surface area contributed by atoms with Crippen LogP contribution in [-0.4, -0.2) is 25.7 Å². The molecule has 1 aromatic carbocycles. The Morgan fingerprint density at radius 2 is 2.00 bits per heavy atom. The van der Waals surface area contributed by atoms with Crippen LogP contribution in [0.3, 0.4) is 0 Å². The van der Waals surface area contributed by atoms with Crippen molar-refractivity contribution in [3.63, 3.8) is 0 Å². The molecule has 0 N–H and O–H groups in total. The van der Waals surface area contributed by atoms with E-state index in [1.807, 2.05) is 6.92 Å². The number of ether oxygens (including phenoxy) is 1. The van der Waals surface area contributed by atoms with Gasteiger partial charge in [-0.05, 0) is 50.5 Å². The van der Waals surface area contributed by atoms with Crippen LogP contribution >= 0.6 is 0 Å². The van der Waals surface area contributed by atoms with E-state index >= 15 is 0 Å². The van der Waals surface area contributed by atoms with Crippen molar-refractivity contribution in [1.29, 1.82) is 0 Å². The van der Waals surface area contributed by atoms with E-state index in [4.69, 9.17) is 8.92 Å². The number of rotatable bonds is 7. The van der Waals surface area contributed by atoms with Crippen LogP contribution in [0.25, 0.3) is 0 Å². The number of hydrogen-bond acceptors (Lipinski definition) is 4. The van der Waals surface area contributed by atoms with Crippen LogP contribution in [0.1, 0.15) is 52.4 Å². The number of epoxide rings is 1. The van der Waals surface area contributed by atoms with Crippen LogP contribution in [0.2, 0.25) is 0 Å². The molecule has 0 bridgehead atoms. The molecule has 0 amide bonds. The predicted molar refractivity (Wildman–Crippen MR) is 84.1 cm³/mol. The summed E-state index contributed by atoms with van der Waals surface area (Å²) in [7, 11) is -3.91. The van der Waals surface area contributed by atoms with Gasteiger partial charge >= 0.3 is 0 Å². The molecule has 1 aliphatic heterocycles. The lowest BCUT2D eigenvalue weighted by Crippen LogP contribution is -2.34. The third kappa shape index (κ3) is 2.92. The smallest absolute Gasteiger partial charge is 0.297 e. The highest BCUT2D eigenvalue weighted by atomic mass is 32.2. The van der Waals surface area contributed by atoms with E-state index in [1.54, 1.807) is 0 Å². The average molecular weight is 342 g/mol. The van der Waals surface area contributed by atoms with Gasteiger partial charge in [0.2, 0.25) is 0 Å². The van der Waals surface area contributed by atoms with Crippen LogP contribution in [0, 0.1) is 5.82 Å². The Labute approximate surface area is 137 Å². The molecular formula is C17H23FO4S. The summed E-state index contributed by atoms with van der Waals surface area (Å²) in [5.74, 6) is -0.473. The van der Waals surface area contributed by atoms with Crippen molar-refractivity contribution >= 4 is 10.1 Å². The van der Waals surface area contributed by atoms with Gasteiger partial charge in [0.05, 0.1) is 10.5 Å². The zero-order chi connectivity index (χ0) is 16.7. The van der Waals surface area contributed by atoms with Crippen LogP contribution in [0.4, 0.5) is 4.39 Å². The van der Waals surface area contributed by atoms with E-state index < -0.39 is 27.6 Å². The van der Waals surface area contributed by atoms with Gasteiger partial charge in [0.25, 0.3) is 10.1 Å². The molecule has 0 spiro atoms. The van der Waals surface area contributed by atoms with Gasteiger partial charge in [-0.2, -0.15) is 8.42 Å². The lowest BCUT2D eigenvalue weighted by Gasteiger charge is -2.21. The quantitative estimate of drug-likeness (QED) is 0.430. The van der Waals surface area contributed by atoms with Gasteiger partial charge in [0.15, 0.2) is 0 Å². The normalized spacial score (nSPS) is 32.7. The lowest BCUT2D eigenvalue weighted by molar-refractivity contribution is 0.0796. The van der Waals surface area contributed by atoms with Crippen molar-refractivity contribution in [2.24, 2.45) is 0 Å². The highest BCUT2D eigenvalue weighted by molar-refractivity contribution is 7.86. The van der Waals surface area contributed by atoms with E-state index in [9.17, 15) is 12.8 Å². The monoisotopic (exact) mass is 342 g/mol. The SMILES string of the molecule is CCCCC[C@]12O[C@@]1(C)CC[C@@H]2OS(=O)(=O)c1ccc(F)cc1. The first-order chi connectivity index (χ1) is 10.8. The molecule has 1 saturated carbocycles. The van der Waals surface area contributed by atoms with Gasteiger partial charge < -0.3 is 4.74 Å². The lowest BCUT2D eigenvalue weighted by atomic mass is 9.91. The maximum absolute atomic E-state index is 13.0. The summed E-state index contributed by atoms with van der Waals surface area (Å²) in [5, 5.41) is 0. The third-order valence-electron chi connectivity index (χ3n) is 5.16. The Kier molecular flexibility index (Phi) is 4.27. The van der Waals surface area contributed by atoms with Gasteiger partial charge in [-0.15, -0.1) is 0 Å². The average Bonchev–Trinajstić information content (AvgIpc) is 3.02. The molecule has 3 atom stereocenters. The van der Waals surface area contributed by atoms with E-state index in [0.717, 1.165) is 44.2 Å². The minimum Gasteiger partial charge on any atom is -0.360 e. The molecule has 0 radical (unpaired) electrons. The molecule has 128 valence electrons. The van der Waals surface area contributed by atoms with Crippen molar-refractivity contribution in [3.05, 3.63) is 30.1 Å². The molecule has 0 unspecified atom stereocenters. The van der Waals surface area contributed by atoms with Gasteiger partial charge in [0, 0.05) is 0 Å². The van der Waals surface area contributed by atoms with E-state index in [-0.39, 0.29) is 10.5 Å². The summed E-state index contributed by atoms with van der Waals surface area (Å²) in [4.78, 5) is -0.0168. The fourth-order valence-electron chi connectivity index (χ4n) is 3.73. The minimum absolute atomic E-state index is 0.0168. The van der Waals surface area contributed by atoms with Crippen LogP contribution in [-0.2, 0) is 19.0 Å². The number of benzene rings is 1. The number of halogens is 1. The molecule has 0 aromatic heterocycles. The summed E-state index contributed by atoms with van der Waals surface area (Å²) < 4.78 is 49.3. The molecule has 1 heterocycles. The van der Waals surface area contributed by atoms with Crippen molar-refractivity contribution in [2.45, 2.75) is 74.6 Å². The number of unbranched alkanes of at least 4 members (excludes halogenated alkanes) is 2. The van der Waals surface area contributed by atoms with Gasteiger partial charge in [-0.25, -0.2) is 4.39 Å². The molecule has 1 aromatic rings. The molecule has 2 aliphatic rings. The Bertz CT molecular complexity index is 672. The second-order valence-electron chi connectivity index (χ2n) is 6.71. The maximum Gasteiger partial charge on any atom is 0.297 e. The highest BCUT2D eigenvalue weighted by Crippen LogP contribution is 2.63. The molecule has 6 heteroatoms. The fraction of sp³-hybridized carbons (Fsp3) is 0.647. The summed E-state index contributed by atoms with van der Waals surface area (Å²) in [6.07, 6.45) is 5.04. The standard InChI is InChI=1S/C17H23FO4S/c1-3-4-5-11-17-15(10-12-16(17,2)22-17)21-23(19,20)14-8-6-13(18)7-9-14/h6-9,15H,3-5,10-12H2,1-2H3/t15-,16-,17+/m0/s1. The van der Waals surface area contributed by atoms with Crippen LogP contribution in [0.5, 0.6) is 0 Å². The largest absolute Gasteiger partial charge is 0.360 e. The topological polar surface area (TPSA) is 55.9 Å². The van der Waals surface area contributed by atoms with Gasteiger partial charge in [-0.3, -0.25) is 4.18 Å². The summed E-state index contributed by atoms with van der Waals surface area (Å²) in [5.41, 5.74) is -0.737. The first-order valence-corrected chi connectivity index (χ1v) is 9.63. The molecule has 1 aliphatic carbocycles. The maximum atomic E-state index is 13.0. The van der Waals surface area contributed by atoms with Crippen molar-refractivity contribution in [3.8, 4) is 0 Å². The van der Waals surface area contributed by atoms with Gasteiger partial charge in [0.1, 0.15) is 17.5 Å². The fourth-order valence-corrected chi connectivity index (χ4v) is 4.87. The Morgan fingerprint density at radius 1 is 1.30 bits per heavy atom. The first kappa shape index (κ1) is 16.9. The highest BCUT2D eigenvalue weighted by Gasteiger charge is 2.74. The molecule has 4 nitrogen and oxygen atoms in total. The zero-order valence-electron chi connectivity index (χ0n) is 13.5. The molecule has 23 heavy (non-hydrogen) atoms. The van der Waals surface area contributed by atoms with Crippen LogP contribution < -0.4 is 0 Å². The minimum atomic E-state index is -3.91. The molecule has 3 rings (SSSR count). The van der Waals surface area contributed by atoms with Crippen molar-refractivity contribution in [2.75, 3.05) is 0 Å². The van der Waals surface area contributed by atoms with E-state index in [0.29, 0.717) is 6.42 Å². The third-order valence-corrected chi connectivity index (χ3v) is 6.50. The second-order valence-corrected chi connectivity index (χ2v) is 8.28. The van der Waals surface area contributed by atoms with E-state index in [2.05, 4.69) is 6.92 Å². The zero-order valence-corrected chi connectivity index (χ0v) is 14.4. The van der Waals surface area contributed by atoms with Gasteiger partial charge in [-0.1, -0.05) is 26.2 Å². The van der Waals surface area contributed by atoms with Crippen molar-refractivity contribution in [1.82, 2.24) is 0 Å². The number of hydrogen-bond donors (Lipinski definition) is 0.